The fourth-order valence-corrected chi connectivity index (χ4v) is 0.672. The van der Waals surface area contributed by atoms with Crippen molar-refractivity contribution < 1.29 is 20.1 Å². The molecule has 0 heterocycles. The Labute approximate surface area is 81.4 Å². The van der Waals surface area contributed by atoms with E-state index in [0.29, 0.717) is 5.69 Å². The van der Waals surface area contributed by atoms with E-state index in [1.165, 1.54) is 12.1 Å². The van der Waals surface area contributed by atoms with Crippen LogP contribution in [0.5, 0.6) is 0 Å². The lowest BCUT2D eigenvalue weighted by atomic mass is 10.2. The SMILES string of the molecule is Nc1cccc(C(=O)O)c1.OCCO. The summed E-state index contributed by atoms with van der Waals surface area (Å²) < 4.78 is 0. The molecule has 1 aromatic carbocycles. The van der Waals surface area contributed by atoms with Gasteiger partial charge in [-0.15, -0.1) is 0 Å². The zero-order valence-corrected chi connectivity index (χ0v) is 7.55. The Morgan fingerprint density at radius 2 is 1.86 bits per heavy atom. The lowest BCUT2D eigenvalue weighted by molar-refractivity contribution is 0.0697. The van der Waals surface area contributed by atoms with E-state index in [4.69, 9.17) is 21.1 Å². The molecule has 0 saturated heterocycles. The van der Waals surface area contributed by atoms with Crippen molar-refractivity contribution in [3.8, 4) is 0 Å². The van der Waals surface area contributed by atoms with Crippen LogP contribution in [0.25, 0.3) is 0 Å². The highest BCUT2D eigenvalue weighted by atomic mass is 16.4. The van der Waals surface area contributed by atoms with E-state index >= 15 is 0 Å². The van der Waals surface area contributed by atoms with E-state index in [1.54, 1.807) is 12.1 Å². The minimum atomic E-state index is -0.952. The molecule has 0 saturated carbocycles. The lowest BCUT2D eigenvalue weighted by Gasteiger charge is -1.93. The van der Waals surface area contributed by atoms with Gasteiger partial charge in [-0.1, -0.05) is 6.07 Å². The number of benzene rings is 1. The Balaban J connectivity index is 0.000000364. The van der Waals surface area contributed by atoms with Gasteiger partial charge in [-0.2, -0.15) is 0 Å². The molecule has 0 fully saturated rings. The highest BCUT2D eigenvalue weighted by Gasteiger charge is 1.99. The molecule has 5 nitrogen and oxygen atoms in total. The molecule has 1 aromatic rings. The summed E-state index contributed by atoms with van der Waals surface area (Å²) in [5.41, 5.74) is 6.03. The summed E-state index contributed by atoms with van der Waals surface area (Å²) in [5, 5.41) is 23.7. The molecule has 0 radical (unpaired) electrons. The molecule has 78 valence electrons. The van der Waals surface area contributed by atoms with Crippen molar-refractivity contribution in [2.75, 3.05) is 18.9 Å². The van der Waals surface area contributed by atoms with Gasteiger partial charge in [-0.3, -0.25) is 0 Å². The first kappa shape index (κ1) is 12.4. The predicted octanol–water partition coefficient (Wildman–Crippen LogP) is -0.0620. The van der Waals surface area contributed by atoms with Crippen LogP contribution in [-0.2, 0) is 0 Å². The number of aliphatic hydroxyl groups excluding tert-OH is 2. The first-order valence-corrected chi connectivity index (χ1v) is 3.92. The van der Waals surface area contributed by atoms with Gasteiger partial charge in [0.1, 0.15) is 0 Å². The topological polar surface area (TPSA) is 104 Å². The van der Waals surface area contributed by atoms with Crippen molar-refractivity contribution in [2.24, 2.45) is 0 Å². The molecule has 14 heavy (non-hydrogen) atoms. The summed E-state index contributed by atoms with van der Waals surface area (Å²) in [6.07, 6.45) is 0. The molecule has 1 rings (SSSR count). The van der Waals surface area contributed by atoms with Crippen LogP contribution in [0.1, 0.15) is 10.4 Å². The summed E-state index contributed by atoms with van der Waals surface area (Å²) in [4.78, 5) is 10.3. The molecule has 5 heteroatoms. The van der Waals surface area contributed by atoms with Crippen molar-refractivity contribution >= 4 is 11.7 Å². The average molecular weight is 199 g/mol. The number of hydrogen-bond acceptors (Lipinski definition) is 4. The quantitative estimate of drug-likeness (QED) is 0.499. The van der Waals surface area contributed by atoms with Crippen LogP contribution in [0.15, 0.2) is 24.3 Å². The first-order chi connectivity index (χ1) is 6.61. The predicted molar refractivity (Wildman–Crippen MR) is 52.0 cm³/mol. The zero-order chi connectivity index (χ0) is 11.0. The molecule has 0 aliphatic carbocycles. The second kappa shape index (κ2) is 6.88. The van der Waals surface area contributed by atoms with Gasteiger partial charge >= 0.3 is 5.97 Å². The smallest absolute Gasteiger partial charge is 0.335 e. The highest BCUT2D eigenvalue weighted by molar-refractivity contribution is 5.88. The molecule has 0 unspecified atom stereocenters. The number of hydrogen-bond donors (Lipinski definition) is 4. The van der Waals surface area contributed by atoms with Crippen LogP contribution in [-0.4, -0.2) is 34.5 Å². The van der Waals surface area contributed by atoms with E-state index in [-0.39, 0.29) is 18.8 Å². The summed E-state index contributed by atoms with van der Waals surface area (Å²) in [7, 11) is 0. The normalized spacial score (nSPS) is 8.71. The van der Waals surface area contributed by atoms with Gasteiger partial charge in [0.15, 0.2) is 0 Å². The van der Waals surface area contributed by atoms with Crippen molar-refractivity contribution in [3.05, 3.63) is 29.8 Å². The highest BCUT2D eigenvalue weighted by Crippen LogP contribution is 2.05. The van der Waals surface area contributed by atoms with Gasteiger partial charge in [-0.05, 0) is 18.2 Å². The second-order valence-corrected chi connectivity index (χ2v) is 2.38. The summed E-state index contributed by atoms with van der Waals surface area (Å²) in [6.45, 7) is -0.250. The third kappa shape index (κ3) is 5.13. The fraction of sp³-hybridized carbons (Fsp3) is 0.222. The standard InChI is InChI=1S/C7H7NO2.C2H6O2/c8-6-3-1-2-5(4-6)7(9)10;3-1-2-4/h1-4H,8H2,(H,9,10);3-4H,1-2H2. The van der Waals surface area contributed by atoms with Gasteiger partial charge in [0.2, 0.25) is 0 Å². The molecule has 0 atom stereocenters. The van der Waals surface area contributed by atoms with Crippen LogP contribution in [0.2, 0.25) is 0 Å². The van der Waals surface area contributed by atoms with Crippen LogP contribution in [0.3, 0.4) is 0 Å². The number of carbonyl (C=O) groups is 1. The number of carboxylic acids is 1. The minimum absolute atomic E-state index is 0.125. The molecule has 0 bridgehead atoms. The minimum Gasteiger partial charge on any atom is -0.478 e. The number of anilines is 1. The van der Waals surface area contributed by atoms with Gasteiger partial charge in [0.05, 0.1) is 18.8 Å². The van der Waals surface area contributed by atoms with Gasteiger partial charge in [0.25, 0.3) is 0 Å². The van der Waals surface area contributed by atoms with Gasteiger partial charge in [-0.25, -0.2) is 4.79 Å². The molecular weight excluding hydrogens is 186 g/mol. The molecular formula is C9H13NO4. The van der Waals surface area contributed by atoms with Gasteiger partial charge < -0.3 is 21.1 Å². The van der Waals surface area contributed by atoms with E-state index < -0.39 is 5.97 Å². The first-order valence-electron chi connectivity index (χ1n) is 3.92. The van der Waals surface area contributed by atoms with E-state index in [2.05, 4.69) is 0 Å². The van der Waals surface area contributed by atoms with Crippen molar-refractivity contribution in [1.82, 2.24) is 0 Å². The maximum absolute atomic E-state index is 10.3. The molecule has 5 N–H and O–H groups in total. The summed E-state index contributed by atoms with van der Waals surface area (Å²) in [5.74, 6) is -0.952. The third-order valence-electron chi connectivity index (χ3n) is 1.23. The van der Waals surface area contributed by atoms with Crippen molar-refractivity contribution in [3.63, 3.8) is 0 Å². The Morgan fingerprint density at radius 3 is 2.14 bits per heavy atom. The lowest BCUT2D eigenvalue weighted by Crippen LogP contribution is -1.96. The van der Waals surface area contributed by atoms with E-state index in [0.717, 1.165) is 0 Å². The van der Waals surface area contributed by atoms with Crippen molar-refractivity contribution in [1.29, 1.82) is 0 Å². The maximum atomic E-state index is 10.3. The molecule has 0 aliphatic rings. The fourth-order valence-electron chi connectivity index (χ4n) is 0.672. The number of carboxylic acid groups (broad SMARTS) is 1. The molecule has 0 aliphatic heterocycles. The number of nitrogen functional groups attached to an aromatic ring is 1. The number of aliphatic hydroxyl groups is 2. The largest absolute Gasteiger partial charge is 0.478 e. The maximum Gasteiger partial charge on any atom is 0.335 e. The van der Waals surface area contributed by atoms with Crippen LogP contribution >= 0.6 is 0 Å². The van der Waals surface area contributed by atoms with Crippen LogP contribution in [0.4, 0.5) is 5.69 Å². The monoisotopic (exact) mass is 199 g/mol. The second-order valence-electron chi connectivity index (χ2n) is 2.38. The Morgan fingerprint density at radius 1 is 1.29 bits per heavy atom. The Hall–Kier alpha value is -1.59. The van der Waals surface area contributed by atoms with E-state index in [1.807, 2.05) is 0 Å². The Bertz CT molecular complexity index is 286. The molecule has 0 aromatic heterocycles. The summed E-state index contributed by atoms with van der Waals surface area (Å²) in [6, 6.07) is 6.17. The van der Waals surface area contributed by atoms with Crippen molar-refractivity contribution in [2.45, 2.75) is 0 Å². The third-order valence-corrected chi connectivity index (χ3v) is 1.23. The molecule has 0 spiro atoms. The Kier molecular flexibility index (Phi) is 6.09. The summed E-state index contributed by atoms with van der Waals surface area (Å²) >= 11 is 0. The number of nitrogens with two attached hydrogens (primary N) is 1. The van der Waals surface area contributed by atoms with Crippen LogP contribution < -0.4 is 5.73 Å². The van der Waals surface area contributed by atoms with Gasteiger partial charge in [0, 0.05) is 5.69 Å². The number of aromatic carboxylic acids is 1. The average Bonchev–Trinajstić information content (AvgIpc) is 2.18. The molecule has 0 amide bonds. The van der Waals surface area contributed by atoms with Crippen LogP contribution in [0, 0.1) is 0 Å². The number of rotatable bonds is 2. The zero-order valence-electron chi connectivity index (χ0n) is 7.55. The van der Waals surface area contributed by atoms with E-state index in [9.17, 15) is 4.79 Å².